The minimum atomic E-state index is -4.54. The molecule has 0 heterocycles. The Labute approximate surface area is 81.9 Å². The maximum atomic E-state index is 12.4. The minimum absolute atomic E-state index is 0.359. The van der Waals surface area contributed by atoms with Crippen molar-refractivity contribution in [2.24, 2.45) is 5.92 Å². The van der Waals surface area contributed by atoms with Gasteiger partial charge in [-0.25, -0.2) is 8.42 Å². The summed E-state index contributed by atoms with van der Waals surface area (Å²) in [6.07, 6.45) is -3.78. The van der Waals surface area contributed by atoms with Gasteiger partial charge < -0.3 is 0 Å². The normalized spacial score (nSPS) is 16.4. The number of alkyl halides is 3. The van der Waals surface area contributed by atoms with Crippen LogP contribution in [0.3, 0.4) is 0 Å². The quantitative estimate of drug-likeness (QED) is 0.740. The van der Waals surface area contributed by atoms with Crippen LogP contribution in [-0.4, -0.2) is 38.2 Å². The fourth-order valence-corrected chi connectivity index (χ4v) is 1.99. The molecule has 0 aromatic carbocycles. The molecule has 0 spiro atoms. The second-order valence-electron chi connectivity index (χ2n) is 3.51. The number of sulfonamides is 1. The summed E-state index contributed by atoms with van der Waals surface area (Å²) in [5.74, 6) is -0.810. The summed E-state index contributed by atoms with van der Waals surface area (Å²) in [5.41, 5.74) is 0. The van der Waals surface area contributed by atoms with Gasteiger partial charge in [-0.3, -0.25) is 0 Å². The lowest BCUT2D eigenvalue weighted by Gasteiger charge is -2.30. The molecule has 86 valence electrons. The molecule has 0 aromatic rings. The average molecular weight is 233 g/mol. The monoisotopic (exact) mass is 233 g/mol. The van der Waals surface area contributed by atoms with E-state index in [0.29, 0.717) is 4.31 Å². The highest BCUT2D eigenvalue weighted by Gasteiger charge is 2.46. The van der Waals surface area contributed by atoms with E-state index >= 15 is 0 Å². The number of hydrogen-bond donors (Lipinski definition) is 0. The van der Waals surface area contributed by atoms with Crippen LogP contribution >= 0.6 is 0 Å². The second kappa shape index (κ2) is 4.06. The van der Waals surface area contributed by atoms with Gasteiger partial charge in [-0.1, -0.05) is 13.8 Å². The van der Waals surface area contributed by atoms with Gasteiger partial charge in [0, 0.05) is 7.05 Å². The van der Waals surface area contributed by atoms with Crippen LogP contribution in [0.2, 0.25) is 0 Å². The Hall–Kier alpha value is -0.300. The average Bonchev–Trinajstić information content (AvgIpc) is 1.79. The van der Waals surface area contributed by atoms with Gasteiger partial charge in [0.1, 0.15) is 6.04 Å². The van der Waals surface area contributed by atoms with Gasteiger partial charge in [0.25, 0.3) is 0 Å². The summed E-state index contributed by atoms with van der Waals surface area (Å²) >= 11 is 0. The van der Waals surface area contributed by atoms with E-state index in [1.54, 1.807) is 0 Å². The highest BCUT2D eigenvalue weighted by Crippen LogP contribution is 2.30. The standard InChI is InChI=1S/C7H14F3NO2S/c1-5(2)6(7(8,9)10)11(3)14(4,12)13/h5-6H,1-4H3. The molecule has 3 nitrogen and oxygen atoms in total. The Bertz CT molecular complexity index is 284. The first-order valence-corrected chi connectivity index (χ1v) is 5.82. The SMILES string of the molecule is CC(C)C(N(C)S(C)(=O)=O)C(F)(F)F. The Morgan fingerprint density at radius 1 is 1.21 bits per heavy atom. The summed E-state index contributed by atoms with van der Waals surface area (Å²) in [6, 6.07) is -1.96. The fourth-order valence-electron chi connectivity index (χ4n) is 1.21. The van der Waals surface area contributed by atoms with Crippen molar-refractivity contribution < 1.29 is 21.6 Å². The van der Waals surface area contributed by atoms with E-state index in [1.807, 2.05) is 0 Å². The van der Waals surface area contributed by atoms with E-state index < -0.39 is 28.2 Å². The zero-order chi connectivity index (χ0) is 11.7. The molecule has 0 aromatic heterocycles. The summed E-state index contributed by atoms with van der Waals surface area (Å²) < 4.78 is 59.6. The molecule has 14 heavy (non-hydrogen) atoms. The maximum Gasteiger partial charge on any atom is 0.405 e. The van der Waals surface area contributed by atoms with E-state index in [2.05, 4.69) is 0 Å². The molecule has 0 aliphatic heterocycles. The third-order valence-corrected chi connectivity index (χ3v) is 3.16. The topological polar surface area (TPSA) is 37.4 Å². The Balaban J connectivity index is 5.06. The minimum Gasteiger partial charge on any atom is -0.213 e. The number of nitrogens with zero attached hydrogens (tertiary/aromatic N) is 1. The predicted octanol–water partition coefficient (Wildman–Crippen LogP) is 1.46. The van der Waals surface area contributed by atoms with Gasteiger partial charge in [-0.05, 0) is 5.92 Å². The van der Waals surface area contributed by atoms with Crippen molar-refractivity contribution in [3.05, 3.63) is 0 Å². The molecule has 0 aliphatic carbocycles. The summed E-state index contributed by atoms with van der Waals surface area (Å²) in [5, 5.41) is 0. The molecule has 0 fully saturated rings. The Morgan fingerprint density at radius 3 is 1.64 bits per heavy atom. The van der Waals surface area contributed by atoms with Crippen LogP contribution < -0.4 is 0 Å². The highest BCUT2D eigenvalue weighted by molar-refractivity contribution is 7.88. The summed E-state index contributed by atoms with van der Waals surface area (Å²) in [4.78, 5) is 0. The number of rotatable bonds is 3. The van der Waals surface area contributed by atoms with E-state index in [4.69, 9.17) is 0 Å². The fraction of sp³-hybridized carbons (Fsp3) is 1.00. The molecule has 0 saturated heterocycles. The van der Waals surface area contributed by atoms with Crippen LogP contribution in [-0.2, 0) is 10.0 Å². The largest absolute Gasteiger partial charge is 0.405 e. The maximum absolute atomic E-state index is 12.4. The van der Waals surface area contributed by atoms with Crippen molar-refractivity contribution in [2.75, 3.05) is 13.3 Å². The summed E-state index contributed by atoms with van der Waals surface area (Å²) in [7, 11) is -2.88. The lowest BCUT2D eigenvalue weighted by molar-refractivity contribution is -0.179. The second-order valence-corrected chi connectivity index (χ2v) is 5.55. The first kappa shape index (κ1) is 13.7. The molecule has 0 aliphatic rings. The van der Waals surface area contributed by atoms with E-state index in [9.17, 15) is 21.6 Å². The van der Waals surface area contributed by atoms with Gasteiger partial charge in [0.05, 0.1) is 6.26 Å². The molecule has 0 rings (SSSR count). The molecular weight excluding hydrogens is 219 g/mol. The molecule has 0 saturated carbocycles. The molecule has 0 bridgehead atoms. The Morgan fingerprint density at radius 2 is 1.57 bits per heavy atom. The van der Waals surface area contributed by atoms with Gasteiger partial charge in [-0.2, -0.15) is 17.5 Å². The van der Waals surface area contributed by atoms with Crippen LogP contribution in [0, 0.1) is 5.92 Å². The van der Waals surface area contributed by atoms with Crippen molar-refractivity contribution in [1.82, 2.24) is 4.31 Å². The third-order valence-electron chi connectivity index (χ3n) is 1.88. The van der Waals surface area contributed by atoms with Crippen molar-refractivity contribution in [1.29, 1.82) is 0 Å². The first-order valence-electron chi connectivity index (χ1n) is 3.97. The first-order chi connectivity index (χ1) is 5.98. The van der Waals surface area contributed by atoms with Gasteiger partial charge in [0.2, 0.25) is 10.0 Å². The molecule has 0 radical (unpaired) electrons. The van der Waals surface area contributed by atoms with Crippen LogP contribution in [0.15, 0.2) is 0 Å². The van der Waals surface area contributed by atoms with E-state index in [-0.39, 0.29) is 0 Å². The summed E-state index contributed by atoms with van der Waals surface area (Å²) in [6.45, 7) is 2.67. The van der Waals surface area contributed by atoms with Gasteiger partial charge in [0.15, 0.2) is 0 Å². The zero-order valence-corrected chi connectivity index (χ0v) is 9.28. The predicted molar refractivity (Wildman–Crippen MR) is 47.3 cm³/mol. The van der Waals surface area contributed by atoms with Crippen LogP contribution in [0.4, 0.5) is 13.2 Å². The molecule has 1 unspecified atom stereocenters. The molecule has 1 atom stereocenters. The van der Waals surface area contributed by atoms with Crippen LogP contribution in [0.1, 0.15) is 13.8 Å². The van der Waals surface area contributed by atoms with Gasteiger partial charge in [-0.15, -0.1) is 0 Å². The highest BCUT2D eigenvalue weighted by atomic mass is 32.2. The van der Waals surface area contributed by atoms with Crippen molar-refractivity contribution in [3.63, 3.8) is 0 Å². The number of hydrogen-bond acceptors (Lipinski definition) is 2. The molecule has 0 N–H and O–H groups in total. The smallest absolute Gasteiger partial charge is 0.213 e. The van der Waals surface area contributed by atoms with Crippen molar-refractivity contribution in [2.45, 2.75) is 26.1 Å². The third kappa shape index (κ3) is 3.45. The van der Waals surface area contributed by atoms with Crippen LogP contribution in [0.25, 0.3) is 0 Å². The zero-order valence-electron chi connectivity index (χ0n) is 8.46. The van der Waals surface area contributed by atoms with Crippen LogP contribution in [0.5, 0.6) is 0 Å². The van der Waals surface area contributed by atoms with E-state index in [0.717, 1.165) is 13.3 Å². The molecule has 0 amide bonds. The lowest BCUT2D eigenvalue weighted by Crippen LogP contribution is -2.49. The van der Waals surface area contributed by atoms with Crippen molar-refractivity contribution in [3.8, 4) is 0 Å². The van der Waals surface area contributed by atoms with Gasteiger partial charge >= 0.3 is 6.18 Å². The Kier molecular flexibility index (Phi) is 3.97. The molecular formula is C7H14F3NO2S. The molecule has 7 heteroatoms. The van der Waals surface area contributed by atoms with E-state index in [1.165, 1.54) is 13.8 Å². The number of halogens is 3. The lowest BCUT2D eigenvalue weighted by atomic mass is 10.0. The van der Waals surface area contributed by atoms with Crippen molar-refractivity contribution >= 4 is 10.0 Å².